The molecule has 1 saturated carbocycles. The average Bonchev–Trinajstić information content (AvgIpc) is 2.66. The van der Waals surface area contributed by atoms with Crippen LogP contribution in [0.2, 0.25) is 0 Å². The summed E-state index contributed by atoms with van der Waals surface area (Å²) in [5, 5.41) is 13.3. The summed E-state index contributed by atoms with van der Waals surface area (Å²) in [5.41, 5.74) is 2.67. The van der Waals surface area contributed by atoms with Crippen LogP contribution in [-0.2, 0) is 6.42 Å². The maximum atomic E-state index is 12.9. The van der Waals surface area contributed by atoms with Crippen molar-refractivity contribution in [3.8, 4) is 0 Å². The predicted molar refractivity (Wildman–Crippen MR) is 109 cm³/mol. The van der Waals surface area contributed by atoms with Crippen LogP contribution in [-0.4, -0.2) is 28.1 Å². The van der Waals surface area contributed by atoms with E-state index >= 15 is 0 Å². The van der Waals surface area contributed by atoms with E-state index in [2.05, 4.69) is 10.3 Å². The van der Waals surface area contributed by atoms with Gasteiger partial charge in [-0.2, -0.15) is 0 Å². The third kappa shape index (κ3) is 3.71. The quantitative estimate of drug-likeness (QED) is 0.640. The fourth-order valence-corrected chi connectivity index (χ4v) is 3.91. The monoisotopic (exact) mass is 376 g/mol. The fraction of sp³-hybridized carbons (Fsp3) is 0.304. The molecule has 3 N–H and O–H groups in total. The zero-order valence-corrected chi connectivity index (χ0v) is 15.8. The first-order valence-electron chi connectivity index (χ1n) is 9.66. The van der Waals surface area contributed by atoms with Gasteiger partial charge in [-0.05, 0) is 49.8 Å². The van der Waals surface area contributed by atoms with Crippen LogP contribution in [0.1, 0.15) is 34.3 Å². The molecule has 5 heteroatoms. The van der Waals surface area contributed by atoms with Crippen molar-refractivity contribution in [2.45, 2.75) is 38.3 Å². The second kappa shape index (κ2) is 7.60. The number of pyridine rings is 1. The average molecular weight is 376 g/mol. The minimum absolute atomic E-state index is 0.120. The second-order valence-electron chi connectivity index (χ2n) is 7.74. The molecule has 1 aliphatic carbocycles. The standard InChI is InChI=1S/C23H24N2O3/c1-14-7-8-20-18(9-14)22(27)19(13-24-20)23(28)25-21(16-11-17(26)12-16)10-15-5-3-2-4-6-15/h2-9,13,16-17,21,26H,10-12H2,1H3,(H,24,27)(H,25,28)/t16?,17?,21-/m1/s1. The smallest absolute Gasteiger partial charge is 0.257 e. The van der Waals surface area contributed by atoms with Crippen LogP contribution in [0.4, 0.5) is 0 Å². The summed E-state index contributed by atoms with van der Waals surface area (Å²) >= 11 is 0. The number of aliphatic hydroxyl groups excluding tert-OH is 1. The van der Waals surface area contributed by atoms with E-state index < -0.39 is 0 Å². The molecular weight excluding hydrogens is 352 g/mol. The Kier molecular flexibility index (Phi) is 5.01. The summed E-state index contributed by atoms with van der Waals surface area (Å²) < 4.78 is 0. The summed E-state index contributed by atoms with van der Waals surface area (Å²) in [4.78, 5) is 28.8. The Bertz CT molecular complexity index is 1050. The van der Waals surface area contributed by atoms with Gasteiger partial charge in [-0.1, -0.05) is 42.0 Å². The highest BCUT2D eigenvalue weighted by atomic mass is 16.3. The predicted octanol–water partition coefficient (Wildman–Crippen LogP) is 2.95. The number of carbonyl (C=O) groups is 1. The van der Waals surface area contributed by atoms with E-state index in [1.54, 1.807) is 6.07 Å². The number of hydrogen-bond acceptors (Lipinski definition) is 3. The number of aryl methyl sites for hydroxylation is 1. The summed E-state index contributed by atoms with van der Waals surface area (Å²) in [5.74, 6) is -0.159. The molecule has 1 amide bonds. The van der Waals surface area contributed by atoms with Gasteiger partial charge < -0.3 is 15.4 Å². The van der Waals surface area contributed by atoms with Gasteiger partial charge in [0.15, 0.2) is 0 Å². The van der Waals surface area contributed by atoms with Crippen LogP contribution in [0.25, 0.3) is 10.9 Å². The number of aromatic amines is 1. The topological polar surface area (TPSA) is 82.2 Å². The lowest BCUT2D eigenvalue weighted by Crippen LogP contribution is -2.49. The molecule has 1 heterocycles. The van der Waals surface area contributed by atoms with Gasteiger partial charge in [0.25, 0.3) is 5.91 Å². The molecule has 0 saturated heterocycles. The van der Waals surface area contributed by atoms with Crippen LogP contribution < -0.4 is 10.7 Å². The number of hydrogen-bond donors (Lipinski definition) is 3. The molecule has 0 unspecified atom stereocenters. The molecule has 1 fully saturated rings. The Hall–Kier alpha value is -2.92. The van der Waals surface area contributed by atoms with Crippen molar-refractivity contribution in [1.29, 1.82) is 0 Å². The number of amides is 1. The number of aromatic nitrogens is 1. The minimum atomic E-state index is -0.369. The molecule has 28 heavy (non-hydrogen) atoms. The van der Waals surface area contributed by atoms with Crippen LogP contribution >= 0.6 is 0 Å². The number of carbonyl (C=O) groups excluding carboxylic acids is 1. The van der Waals surface area contributed by atoms with E-state index in [4.69, 9.17) is 0 Å². The van der Waals surface area contributed by atoms with Crippen molar-refractivity contribution in [1.82, 2.24) is 10.3 Å². The molecule has 3 aromatic rings. The molecule has 1 aliphatic rings. The highest BCUT2D eigenvalue weighted by molar-refractivity contribution is 5.97. The molecule has 0 spiro atoms. The van der Waals surface area contributed by atoms with Gasteiger partial charge in [-0.25, -0.2) is 0 Å². The molecular formula is C23H24N2O3. The van der Waals surface area contributed by atoms with Gasteiger partial charge in [0.05, 0.1) is 6.10 Å². The Balaban J connectivity index is 1.59. The van der Waals surface area contributed by atoms with Gasteiger partial charge >= 0.3 is 0 Å². The van der Waals surface area contributed by atoms with Crippen molar-refractivity contribution >= 4 is 16.8 Å². The second-order valence-corrected chi connectivity index (χ2v) is 7.74. The van der Waals surface area contributed by atoms with Crippen LogP contribution in [0.15, 0.2) is 59.5 Å². The third-order valence-electron chi connectivity index (χ3n) is 5.61. The maximum Gasteiger partial charge on any atom is 0.257 e. The largest absolute Gasteiger partial charge is 0.393 e. The third-order valence-corrected chi connectivity index (χ3v) is 5.61. The van der Waals surface area contributed by atoms with Crippen molar-refractivity contribution in [3.05, 3.63) is 81.6 Å². The lowest BCUT2D eigenvalue weighted by atomic mass is 9.75. The van der Waals surface area contributed by atoms with Gasteiger partial charge in [-0.3, -0.25) is 9.59 Å². The zero-order chi connectivity index (χ0) is 19.7. The van der Waals surface area contributed by atoms with Gasteiger partial charge in [0, 0.05) is 23.1 Å². The molecule has 1 aromatic heterocycles. The number of nitrogens with one attached hydrogen (secondary N) is 2. The molecule has 0 radical (unpaired) electrons. The SMILES string of the molecule is Cc1ccc2[nH]cc(C(=O)N[C@H](Cc3ccccc3)C3CC(O)C3)c(=O)c2c1. The van der Waals surface area contributed by atoms with E-state index in [1.165, 1.54) is 6.20 Å². The summed E-state index contributed by atoms with van der Waals surface area (Å²) in [6.45, 7) is 1.92. The minimum Gasteiger partial charge on any atom is -0.393 e. The first kappa shape index (κ1) is 18.4. The molecule has 144 valence electrons. The highest BCUT2D eigenvalue weighted by Gasteiger charge is 2.35. The van der Waals surface area contributed by atoms with Crippen LogP contribution in [0.5, 0.6) is 0 Å². The molecule has 0 aliphatic heterocycles. The molecule has 5 nitrogen and oxygen atoms in total. The summed E-state index contributed by atoms with van der Waals surface area (Å²) in [7, 11) is 0. The zero-order valence-electron chi connectivity index (χ0n) is 15.8. The van der Waals surface area contributed by atoms with Crippen LogP contribution in [0.3, 0.4) is 0 Å². The first-order chi connectivity index (χ1) is 13.5. The van der Waals surface area contributed by atoms with Crippen molar-refractivity contribution < 1.29 is 9.90 Å². The number of H-pyrrole nitrogens is 1. The number of benzene rings is 2. The molecule has 1 atom stereocenters. The Morgan fingerprint density at radius 2 is 1.96 bits per heavy atom. The number of rotatable bonds is 5. The lowest BCUT2D eigenvalue weighted by Gasteiger charge is -2.38. The van der Waals surface area contributed by atoms with Gasteiger partial charge in [0.1, 0.15) is 5.56 Å². The van der Waals surface area contributed by atoms with E-state index in [0.717, 1.165) is 16.6 Å². The molecule has 2 aromatic carbocycles. The van der Waals surface area contributed by atoms with E-state index in [-0.39, 0.29) is 35.0 Å². The first-order valence-corrected chi connectivity index (χ1v) is 9.66. The Morgan fingerprint density at radius 3 is 2.68 bits per heavy atom. The van der Waals surface area contributed by atoms with E-state index in [0.29, 0.717) is 24.6 Å². The molecule has 0 bridgehead atoms. The molecule has 4 rings (SSSR count). The van der Waals surface area contributed by atoms with E-state index in [1.807, 2.05) is 49.4 Å². The van der Waals surface area contributed by atoms with Crippen LogP contribution in [0, 0.1) is 12.8 Å². The Morgan fingerprint density at radius 1 is 1.21 bits per heavy atom. The summed E-state index contributed by atoms with van der Waals surface area (Å²) in [6, 6.07) is 15.4. The van der Waals surface area contributed by atoms with Crippen molar-refractivity contribution in [3.63, 3.8) is 0 Å². The maximum absolute atomic E-state index is 12.9. The van der Waals surface area contributed by atoms with Gasteiger partial charge in [-0.15, -0.1) is 0 Å². The Labute approximate surface area is 163 Å². The lowest BCUT2D eigenvalue weighted by molar-refractivity contribution is 0.0239. The highest BCUT2D eigenvalue weighted by Crippen LogP contribution is 2.32. The number of fused-ring (bicyclic) bond motifs is 1. The van der Waals surface area contributed by atoms with Crippen molar-refractivity contribution in [2.24, 2.45) is 5.92 Å². The normalized spacial score (nSPS) is 19.8. The van der Waals surface area contributed by atoms with Gasteiger partial charge in [0.2, 0.25) is 5.43 Å². The van der Waals surface area contributed by atoms with E-state index in [9.17, 15) is 14.7 Å². The van der Waals surface area contributed by atoms with Crippen molar-refractivity contribution in [2.75, 3.05) is 0 Å². The summed E-state index contributed by atoms with van der Waals surface area (Å²) in [6.07, 6.45) is 3.21. The number of aliphatic hydroxyl groups is 1. The fourth-order valence-electron chi connectivity index (χ4n) is 3.91.